The molecule has 7 heteroatoms. The number of aromatic nitrogens is 2. The fraction of sp³-hybridized carbons (Fsp3) is 0.429. The number of nitrogens with one attached hydrogen (secondary N) is 2. The average molecular weight is 327 g/mol. The van der Waals surface area contributed by atoms with Crippen molar-refractivity contribution in [3.8, 4) is 0 Å². The SMILES string of the molecule is Cc1nn(C)c2sc(C(=O)NCC3=CCNCC3)cc12.Cl. The molecule has 3 rings (SSSR count). The molecular weight excluding hydrogens is 308 g/mol. The summed E-state index contributed by atoms with van der Waals surface area (Å²) in [6.45, 7) is 4.51. The van der Waals surface area contributed by atoms with Gasteiger partial charge in [0.05, 0.1) is 10.6 Å². The number of thiophene rings is 1. The third-order valence-corrected chi connectivity index (χ3v) is 4.75. The Balaban J connectivity index is 0.00000161. The van der Waals surface area contributed by atoms with Gasteiger partial charge in [0.15, 0.2) is 0 Å². The molecule has 0 unspecified atom stereocenters. The number of nitrogens with zero attached hydrogens (tertiary/aromatic N) is 2. The van der Waals surface area contributed by atoms with Crippen LogP contribution in [0.2, 0.25) is 0 Å². The van der Waals surface area contributed by atoms with Gasteiger partial charge in [-0.1, -0.05) is 11.6 Å². The molecule has 1 amide bonds. The number of carbonyl (C=O) groups excluding carboxylic acids is 1. The third kappa shape index (κ3) is 3.28. The van der Waals surface area contributed by atoms with E-state index in [-0.39, 0.29) is 18.3 Å². The van der Waals surface area contributed by atoms with E-state index in [2.05, 4.69) is 21.8 Å². The molecule has 2 aromatic heterocycles. The fourth-order valence-electron chi connectivity index (χ4n) is 2.43. The van der Waals surface area contributed by atoms with E-state index < -0.39 is 0 Å². The molecule has 0 radical (unpaired) electrons. The van der Waals surface area contributed by atoms with Gasteiger partial charge in [0, 0.05) is 25.5 Å². The summed E-state index contributed by atoms with van der Waals surface area (Å²) in [6.07, 6.45) is 3.17. The normalized spacial score (nSPS) is 14.7. The maximum atomic E-state index is 12.2. The first-order valence-electron chi connectivity index (χ1n) is 6.75. The Hall–Kier alpha value is -1.37. The Morgan fingerprint density at radius 1 is 1.57 bits per heavy atom. The third-order valence-electron chi connectivity index (χ3n) is 3.55. The quantitative estimate of drug-likeness (QED) is 0.848. The van der Waals surface area contributed by atoms with E-state index in [1.165, 1.54) is 16.9 Å². The zero-order valence-corrected chi connectivity index (χ0v) is 13.7. The van der Waals surface area contributed by atoms with Crippen molar-refractivity contribution in [2.24, 2.45) is 7.05 Å². The van der Waals surface area contributed by atoms with Gasteiger partial charge in [-0.05, 0) is 26.0 Å². The summed E-state index contributed by atoms with van der Waals surface area (Å²) in [7, 11) is 1.91. The summed E-state index contributed by atoms with van der Waals surface area (Å²) in [5.74, 6) is 0.00466. The molecule has 0 atom stereocenters. The molecule has 0 aliphatic carbocycles. The molecule has 3 heterocycles. The van der Waals surface area contributed by atoms with Gasteiger partial charge < -0.3 is 10.6 Å². The van der Waals surface area contributed by atoms with Gasteiger partial charge in [-0.25, -0.2) is 0 Å². The Morgan fingerprint density at radius 3 is 3.05 bits per heavy atom. The van der Waals surface area contributed by atoms with Crippen LogP contribution in [0.5, 0.6) is 0 Å². The maximum Gasteiger partial charge on any atom is 0.261 e. The minimum atomic E-state index is 0. The molecular formula is C14H19ClN4OS. The van der Waals surface area contributed by atoms with Crippen LogP contribution in [0.4, 0.5) is 0 Å². The van der Waals surface area contributed by atoms with Gasteiger partial charge in [0.1, 0.15) is 4.83 Å². The summed E-state index contributed by atoms with van der Waals surface area (Å²) < 4.78 is 1.83. The van der Waals surface area contributed by atoms with Crippen LogP contribution in [0, 0.1) is 6.92 Å². The molecule has 21 heavy (non-hydrogen) atoms. The van der Waals surface area contributed by atoms with Gasteiger partial charge in [-0.3, -0.25) is 9.48 Å². The Bertz CT molecular complexity index is 654. The number of hydrogen-bond acceptors (Lipinski definition) is 4. The van der Waals surface area contributed by atoms with Gasteiger partial charge in [-0.2, -0.15) is 5.10 Å². The van der Waals surface area contributed by atoms with E-state index >= 15 is 0 Å². The van der Waals surface area contributed by atoms with E-state index in [0.717, 1.165) is 40.3 Å². The topological polar surface area (TPSA) is 59.0 Å². The van der Waals surface area contributed by atoms with E-state index in [1.54, 1.807) is 0 Å². The molecule has 2 aromatic rings. The number of rotatable bonds is 3. The van der Waals surface area contributed by atoms with Crippen LogP contribution < -0.4 is 10.6 Å². The predicted octanol–water partition coefficient (Wildman–Crippen LogP) is 2.01. The first kappa shape index (κ1) is 16.0. The predicted molar refractivity (Wildman–Crippen MR) is 88.5 cm³/mol. The zero-order chi connectivity index (χ0) is 14.1. The molecule has 0 saturated heterocycles. The highest BCUT2D eigenvalue weighted by molar-refractivity contribution is 7.20. The maximum absolute atomic E-state index is 12.2. The second kappa shape index (κ2) is 6.60. The molecule has 2 N–H and O–H groups in total. The monoisotopic (exact) mass is 326 g/mol. The van der Waals surface area contributed by atoms with E-state index in [4.69, 9.17) is 0 Å². The number of carbonyl (C=O) groups is 1. The first-order chi connectivity index (χ1) is 9.65. The van der Waals surface area contributed by atoms with Crippen molar-refractivity contribution < 1.29 is 4.79 Å². The highest BCUT2D eigenvalue weighted by Gasteiger charge is 2.15. The molecule has 1 aliphatic rings. The van der Waals surface area contributed by atoms with Crippen LogP contribution in [0.3, 0.4) is 0 Å². The lowest BCUT2D eigenvalue weighted by Gasteiger charge is -2.14. The largest absolute Gasteiger partial charge is 0.348 e. The number of fused-ring (bicyclic) bond motifs is 1. The molecule has 0 saturated carbocycles. The lowest BCUT2D eigenvalue weighted by molar-refractivity contribution is 0.0960. The number of hydrogen-bond donors (Lipinski definition) is 2. The van der Waals surface area contributed by atoms with Crippen molar-refractivity contribution in [3.63, 3.8) is 0 Å². The van der Waals surface area contributed by atoms with Gasteiger partial charge >= 0.3 is 0 Å². The van der Waals surface area contributed by atoms with Crippen molar-refractivity contribution in [1.29, 1.82) is 0 Å². The summed E-state index contributed by atoms with van der Waals surface area (Å²) in [6, 6.07) is 1.94. The zero-order valence-electron chi connectivity index (χ0n) is 12.1. The summed E-state index contributed by atoms with van der Waals surface area (Å²) in [5, 5.41) is 11.7. The van der Waals surface area contributed by atoms with Crippen LogP contribution in [-0.2, 0) is 7.05 Å². The minimum Gasteiger partial charge on any atom is -0.348 e. The Kier molecular flexibility index (Phi) is 5.03. The highest BCUT2D eigenvalue weighted by Crippen LogP contribution is 2.27. The van der Waals surface area contributed by atoms with Gasteiger partial charge in [0.2, 0.25) is 0 Å². The summed E-state index contributed by atoms with van der Waals surface area (Å²) >= 11 is 1.50. The number of aryl methyl sites for hydroxylation is 2. The highest BCUT2D eigenvalue weighted by atomic mass is 35.5. The van der Waals surface area contributed by atoms with Crippen LogP contribution in [0.25, 0.3) is 10.2 Å². The smallest absolute Gasteiger partial charge is 0.261 e. The van der Waals surface area contributed by atoms with E-state index in [1.807, 2.05) is 24.7 Å². The van der Waals surface area contributed by atoms with E-state index in [9.17, 15) is 4.79 Å². The Morgan fingerprint density at radius 2 is 2.38 bits per heavy atom. The van der Waals surface area contributed by atoms with Crippen LogP contribution in [-0.4, -0.2) is 35.3 Å². The number of halogens is 1. The Labute approximate surface area is 133 Å². The molecule has 0 aromatic carbocycles. The van der Waals surface area contributed by atoms with Crippen molar-refractivity contribution >= 4 is 39.9 Å². The molecule has 114 valence electrons. The van der Waals surface area contributed by atoms with E-state index in [0.29, 0.717) is 6.54 Å². The fourth-order valence-corrected chi connectivity index (χ4v) is 3.47. The van der Waals surface area contributed by atoms with Crippen molar-refractivity contribution in [2.45, 2.75) is 13.3 Å². The molecule has 0 fully saturated rings. The molecule has 0 bridgehead atoms. The second-order valence-corrected chi connectivity index (χ2v) is 6.07. The average Bonchev–Trinajstić information content (AvgIpc) is 3.00. The lowest BCUT2D eigenvalue weighted by Crippen LogP contribution is -2.29. The van der Waals surface area contributed by atoms with Crippen LogP contribution in [0.1, 0.15) is 21.8 Å². The van der Waals surface area contributed by atoms with Crippen LogP contribution >= 0.6 is 23.7 Å². The molecule has 1 aliphatic heterocycles. The van der Waals surface area contributed by atoms with Gasteiger partial charge in [0.25, 0.3) is 5.91 Å². The lowest BCUT2D eigenvalue weighted by atomic mass is 10.1. The summed E-state index contributed by atoms with van der Waals surface area (Å²) in [5.41, 5.74) is 2.27. The number of amides is 1. The summed E-state index contributed by atoms with van der Waals surface area (Å²) in [4.78, 5) is 14.0. The standard InChI is InChI=1S/C14H18N4OS.ClH/c1-9-11-7-12(20-14(11)18(2)17-9)13(19)16-8-10-3-5-15-6-4-10;/h3,7,15H,4-6,8H2,1-2H3,(H,16,19);1H. The minimum absolute atomic E-state index is 0. The first-order valence-corrected chi connectivity index (χ1v) is 7.57. The molecule has 5 nitrogen and oxygen atoms in total. The van der Waals surface area contributed by atoms with Gasteiger partial charge in [-0.15, -0.1) is 23.7 Å². The van der Waals surface area contributed by atoms with Crippen molar-refractivity contribution in [1.82, 2.24) is 20.4 Å². The molecule has 0 spiro atoms. The van der Waals surface area contributed by atoms with Crippen molar-refractivity contribution in [3.05, 3.63) is 28.3 Å². The second-order valence-electron chi connectivity index (χ2n) is 5.04. The van der Waals surface area contributed by atoms with Crippen molar-refractivity contribution in [2.75, 3.05) is 19.6 Å². The van der Waals surface area contributed by atoms with Crippen LogP contribution in [0.15, 0.2) is 17.7 Å².